The molecule has 1 fully saturated rings. The molecule has 2 rings (SSSR count). The number of nitrogens with one attached hydrogen (secondary N) is 1. The van der Waals surface area contributed by atoms with Gasteiger partial charge in [-0.25, -0.2) is 4.98 Å². The smallest absolute Gasteiger partial charge is 0.213 e. The van der Waals surface area contributed by atoms with Gasteiger partial charge in [0.25, 0.3) is 0 Å². The monoisotopic (exact) mass is 276 g/mol. The van der Waals surface area contributed by atoms with Crippen molar-refractivity contribution in [1.82, 2.24) is 10.3 Å². The minimum absolute atomic E-state index is 0.302. The Morgan fingerprint density at radius 3 is 2.85 bits per heavy atom. The van der Waals surface area contributed by atoms with E-state index in [0.717, 1.165) is 43.4 Å². The van der Waals surface area contributed by atoms with Gasteiger partial charge in [-0.2, -0.15) is 0 Å². The molecule has 0 radical (unpaired) electrons. The third-order valence-electron chi connectivity index (χ3n) is 3.97. The second-order valence-corrected chi connectivity index (χ2v) is 6.90. The molecular weight excluding hydrogens is 248 g/mol. The van der Waals surface area contributed by atoms with Gasteiger partial charge in [-0.05, 0) is 43.2 Å². The van der Waals surface area contributed by atoms with Crippen LogP contribution in [-0.4, -0.2) is 17.6 Å². The summed E-state index contributed by atoms with van der Waals surface area (Å²) in [4.78, 5) is 4.59. The summed E-state index contributed by atoms with van der Waals surface area (Å²) < 4.78 is 6.14. The van der Waals surface area contributed by atoms with Crippen molar-refractivity contribution in [3.63, 3.8) is 0 Å². The molecule has 1 aromatic heterocycles. The van der Waals surface area contributed by atoms with Crippen LogP contribution in [0.4, 0.5) is 0 Å². The van der Waals surface area contributed by atoms with Crippen LogP contribution in [0.2, 0.25) is 0 Å². The highest BCUT2D eigenvalue weighted by Crippen LogP contribution is 2.39. The Morgan fingerprint density at radius 1 is 1.35 bits per heavy atom. The Bertz CT molecular complexity index is 431. The van der Waals surface area contributed by atoms with E-state index < -0.39 is 0 Å². The van der Waals surface area contributed by atoms with Crippen molar-refractivity contribution in [2.24, 2.45) is 11.3 Å². The highest BCUT2D eigenvalue weighted by atomic mass is 16.5. The summed E-state index contributed by atoms with van der Waals surface area (Å²) in [5, 5.41) is 3.30. The van der Waals surface area contributed by atoms with Gasteiger partial charge in [0, 0.05) is 12.6 Å². The normalized spacial score (nSPS) is 25.4. The van der Waals surface area contributed by atoms with E-state index in [0.29, 0.717) is 11.5 Å². The first-order valence-corrected chi connectivity index (χ1v) is 7.82. The third kappa shape index (κ3) is 4.48. The first kappa shape index (κ1) is 15.3. The Kier molecular flexibility index (Phi) is 5.03. The molecule has 0 aromatic carbocycles. The molecule has 1 aliphatic carbocycles. The van der Waals surface area contributed by atoms with E-state index in [1.807, 2.05) is 18.2 Å². The van der Waals surface area contributed by atoms with E-state index in [4.69, 9.17) is 4.74 Å². The molecular formula is C17H28N2O. The lowest BCUT2D eigenvalue weighted by atomic mass is 9.71. The minimum atomic E-state index is 0.302. The largest absolute Gasteiger partial charge is 0.474 e. The molecule has 3 heteroatoms. The lowest BCUT2D eigenvalue weighted by Gasteiger charge is -2.38. The maximum Gasteiger partial charge on any atom is 0.213 e. The van der Waals surface area contributed by atoms with Crippen LogP contribution in [0.3, 0.4) is 0 Å². The summed E-state index contributed by atoms with van der Waals surface area (Å²) in [6.45, 7) is 10.9. The average molecular weight is 276 g/mol. The maximum atomic E-state index is 6.14. The number of nitrogens with zero attached hydrogens (tertiary/aromatic N) is 1. The predicted octanol–water partition coefficient (Wildman–Crippen LogP) is 3.78. The zero-order valence-electron chi connectivity index (χ0n) is 13.3. The van der Waals surface area contributed by atoms with Crippen LogP contribution in [0.15, 0.2) is 18.2 Å². The SMILES string of the molecule is CCNCc1cccc(OC2CC(C)CC(C)(C)C2)n1. The molecule has 2 unspecified atom stereocenters. The van der Waals surface area contributed by atoms with Crippen LogP contribution in [-0.2, 0) is 6.54 Å². The Morgan fingerprint density at radius 2 is 2.15 bits per heavy atom. The number of hydrogen-bond donors (Lipinski definition) is 1. The zero-order chi connectivity index (χ0) is 14.6. The predicted molar refractivity (Wildman–Crippen MR) is 82.8 cm³/mol. The molecule has 3 nitrogen and oxygen atoms in total. The van der Waals surface area contributed by atoms with Crippen LogP contribution in [0, 0.1) is 11.3 Å². The average Bonchev–Trinajstić information content (AvgIpc) is 2.34. The summed E-state index contributed by atoms with van der Waals surface area (Å²) in [5.74, 6) is 1.50. The van der Waals surface area contributed by atoms with Crippen molar-refractivity contribution >= 4 is 0 Å². The van der Waals surface area contributed by atoms with Gasteiger partial charge in [0.1, 0.15) is 6.10 Å². The topological polar surface area (TPSA) is 34.1 Å². The lowest BCUT2D eigenvalue weighted by molar-refractivity contribution is 0.0531. The molecule has 0 saturated heterocycles. The molecule has 1 aliphatic rings. The molecule has 0 bridgehead atoms. The molecule has 20 heavy (non-hydrogen) atoms. The fourth-order valence-corrected chi connectivity index (χ4v) is 3.39. The van der Waals surface area contributed by atoms with Gasteiger partial charge in [-0.3, -0.25) is 0 Å². The molecule has 0 aliphatic heterocycles. The third-order valence-corrected chi connectivity index (χ3v) is 3.97. The first-order chi connectivity index (χ1) is 9.48. The Labute approximate surface area is 123 Å². The van der Waals surface area contributed by atoms with E-state index in [-0.39, 0.29) is 0 Å². The van der Waals surface area contributed by atoms with Gasteiger partial charge >= 0.3 is 0 Å². The zero-order valence-corrected chi connectivity index (χ0v) is 13.3. The summed E-state index contributed by atoms with van der Waals surface area (Å²) in [6, 6.07) is 6.05. The lowest BCUT2D eigenvalue weighted by Crippen LogP contribution is -2.34. The molecule has 0 spiro atoms. The summed E-state index contributed by atoms with van der Waals surface area (Å²) in [6.07, 6.45) is 3.86. The number of ether oxygens (including phenoxy) is 1. The van der Waals surface area contributed by atoms with E-state index in [2.05, 4.69) is 38.0 Å². The maximum absolute atomic E-state index is 6.14. The highest BCUT2D eigenvalue weighted by molar-refractivity contribution is 5.16. The molecule has 1 heterocycles. The second-order valence-electron chi connectivity index (χ2n) is 6.90. The van der Waals surface area contributed by atoms with E-state index in [1.54, 1.807) is 0 Å². The summed E-state index contributed by atoms with van der Waals surface area (Å²) >= 11 is 0. The number of aromatic nitrogens is 1. The van der Waals surface area contributed by atoms with Gasteiger partial charge in [-0.1, -0.05) is 33.8 Å². The van der Waals surface area contributed by atoms with Crippen molar-refractivity contribution in [1.29, 1.82) is 0 Å². The molecule has 1 N–H and O–H groups in total. The van der Waals surface area contributed by atoms with Gasteiger partial charge in [-0.15, -0.1) is 0 Å². The standard InChI is InChI=1S/C17H28N2O/c1-5-18-12-14-7-6-8-16(19-14)20-15-9-13(2)10-17(3,4)11-15/h6-8,13,15,18H,5,9-12H2,1-4H3. The van der Waals surface area contributed by atoms with Crippen LogP contribution in [0.25, 0.3) is 0 Å². The first-order valence-electron chi connectivity index (χ1n) is 7.82. The summed E-state index contributed by atoms with van der Waals surface area (Å²) in [5.41, 5.74) is 1.43. The Balaban J connectivity index is 1.98. The van der Waals surface area contributed by atoms with Crippen molar-refractivity contribution < 1.29 is 4.74 Å². The molecule has 1 aromatic rings. The molecule has 1 saturated carbocycles. The number of rotatable bonds is 5. The van der Waals surface area contributed by atoms with Crippen molar-refractivity contribution in [3.8, 4) is 5.88 Å². The fraction of sp³-hybridized carbons (Fsp3) is 0.706. The van der Waals surface area contributed by atoms with Gasteiger partial charge in [0.2, 0.25) is 5.88 Å². The summed E-state index contributed by atoms with van der Waals surface area (Å²) in [7, 11) is 0. The van der Waals surface area contributed by atoms with Crippen molar-refractivity contribution in [3.05, 3.63) is 23.9 Å². The van der Waals surface area contributed by atoms with E-state index in [9.17, 15) is 0 Å². The van der Waals surface area contributed by atoms with Crippen LogP contribution < -0.4 is 10.1 Å². The van der Waals surface area contributed by atoms with Crippen LogP contribution >= 0.6 is 0 Å². The van der Waals surface area contributed by atoms with Crippen molar-refractivity contribution in [2.75, 3.05) is 6.54 Å². The van der Waals surface area contributed by atoms with E-state index in [1.165, 1.54) is 6.42 Å². The molecule has 2 atom stereocenters. The second kappa shape index (κ2) is 6.57. The minimum Gasteiger partial charge on any atom is -0.474 e. The van der Waals surface area contributed by atoms with Crippen LogP contribution in [0.1, 0.15) is 52.7 Å². The quantitative estimate of drug-likeness (QED) is 0.888. The van der Waals surface area contributed by atoms with Gasteiger partial charge < -0.3 is 10.1 Å². The number of pyridine rings is 1. The van der Waals surface area contributed by atoms with Crippen LogP contribution in [0.5, 0.6) is 5.88 Å². The van der Waals surface area contributed by atoms with E-state index >= 15 is 0 Å². The number of hydrogen-bond acceptors (Lipinski definition) is 3. The van der Waals surface area contributed by atoms with Gasteiger partial charge in [0.05, 0.1) is 5.69 Å². The highest BCUT2D eigenvalue weighted by Gasteiger charge is 2.33. The molecule has 0 amide bonds. The Hall–Kier alpha value is -1.09. The van der Waals surface area contributed by atoms with Gasteiger partial charge in [0.15, 0.2) is 0 Å². The fourth-order valence-electron chi connectivity index (χ4n) is 3.39. The molecule has 112 valence electrons. The van der Waals surface area contributed by atoms with Crippen molar-refractivity contribution in [2.45, 2.75) is 59.6 Å².